The van der Waals surface area contributed by atoms with E-state index >= 15 is 0 Å². The van der Waals surface area contributed by atoms with E-state index in [1.165, 1.54) is 25.7 Å². The van der Waals surface area contributed by atoms with Crippen LogP contribution in [-0.4, -0.2) is 73.5 Å². The molecule has 0 amide bonds. The van der Waals surface area contributed by atoms with Crippen molar-refractivity contribution < 1.29 is 9.84 Å². The number of rotatable bonds is 5. The average Bonchev–Trinajstić information content (AvgIpc) is 2.83. The zero-order chi connectivity index (χ0) is 12.1. The number of morpholine rings is 1. The number of hydrogen-bond acceptors (Lipinski definition) is 4. The third-order valence-corrected chi connectivity index (χ3v) is 4.02. The average molecular weight is 242 g/mol. The highest BCUT2D eigenvalue weighted by Crippen LogP contribution is 2.22. The minimum absolute atomic E-state index is 0.223. The molecule has 2 fully saturated rings. The van der Waals surface area contributed by atoms with Gasteiger partial charge in [0, 0.05) is 32.2 Å². The molecule has 1 heterocycles. The van der Waals surface area contributed by atoms with E-state index < -0.39 is 0 Å². The Kier molecular flexibility index (Phi) is 5.22. The van der Waals surface area contributed by atoms with Crippen LogP contribution >= 0.6 is 0 Å². The number of hydrogen-bond donors (Lipinski definition) is 1. The summed E-state index contributed by atoms with van der Waals surface area (Å²) in [6.07, 6.45) is 5.10. The minimum Gasteiger partial charge on any atom is -0.390 e. The van der Waals surface area contributed by atoms with Crippen molar-refractivity contribution in [2.75, 3.05) is 46.4 Å². The van der Waals surface area contributed by atoms with E-state index in [4.69, 9.17) is 4.74 Å². The van der Waals surface area contributed by atoms with Gasteiger partial charge in [-0.3, -0.25) is 4.90 Å². The van der Waals surface area contributed by atoms with Crippen molar-refractivity contribution in [2.24, 2.45) is 0 Å². The lowest BCUT2D eigenvalue weighted by Gasteiger charge is -2.31. The lowest BCUT2D eigenvalue weighted by atomic mass is 10.2. The summed E-state index contributed by atoms with van der Waals surface area (Å²) in [5.74, 6) is 0. The van der Waals surface area contributed by atoms with Crippen molar-refractivity contribution in [3.63, 3.8) is 0 Å². The molecule has 1 saturated heterocycles. The van der Waals surface area contributed by atoms with Crippen LogP contribution in [-0.2, 0) is 4.74 Å². The molecule has 4 heteroatoms. The molecule has 0 radical (unpaired) electrons. The number of aliphatic hydroxyl groups is 1. The molecular formula is C13H26N2O2. The normalized spacial score (nSPS) is 25.6. The third-order valence-electron chi connectivity index (χ3n) is 4.02. The maximum atomic E-state index is 10.1. The second-order valence-corrected chi connectivity index (χ2v) is 5.44. The predicted molar refractivity (Wildman–Crippen MR) is 68.2 cm³/mol. The zero-order valence-electron chi connectivity index (χ0n) is 11.0. The second-order valence-electron chi connectivity index (χ2n) is 5.44. The molecule has 0 bridgehead atoms. The number of aliphatic hydroxyl groups excluding tert-OH is 1. The molecule has 1 aliphatic heterocycles. The van der Waals surface area contributed by atoms with E-state index in [1.807, 2.05) is 0 Å². The van der Waals surface area contributed by atoms with Gasteiger partial charge in [0.05, 0.1) is 19.3 Å². The molecule has 4 nitrogen and oxygen atoms in total. The minimum atomic E-state index is -0.223. The Bertz CT molecular complexity index is 213. The van der Waals surface area contributed by atoms with E-state index in [0.717, 1.165) is 39.4 Å². The summed E-state index contributed by atoms with van der Waals surface area (Å²) in [6, 6.07) is 0.703. The molecule has 2 aliphatic rings. The van der Waals surface area contributed by atoms with Crippen LogP contribution in [0.25, 0.3) is 0 Å². The summed E-state index contributed by atoms with van der Waals surface area (Å²) in [6.45, 7) is 5.15. The highest BCUT2D eigenvalue weighted by molar-refractivity contribution is 4.78. The Balaban J connectivity index is 1.66. The Morgan fingerprint density at radius 2 is 1.94 bits per heavy atom. The molecule has 100 valence electrons. The summed E-state index contributed by atoms with van der Waals surface area (Å²) in [4.78, 5) is 4.65. The van der Waals surface area contributed by atoms with E-state index in [0.29, 0.717) is 6.04 Å². The van der Waals surface area contributed by atoms with Gasteiger partial charge in [0.25, 0.3) is 0 Å². The first-order valence-corrected chi connectivity index (χ1v) is 6.94. The Hall–Kier alpha value is -0.160. The van der Waals surface area contributed by atoms with Crippen molar-refractivity contribution in [3.8, 4) is 0 Å². The number of nitrogens with zero attached hydrogens (tertiary/aromatic N) is 2. The summed E-state index contributed by atoms with van der Waals surface area (Å²) < 4.78 is 5.31. The molecule has 1 N–H and O–H groups in total. The summed E-state index contributed by atoms with van der Waals surface area (Å²) >= 11 is 0. The maximum absolute atomic E-state index is 10.1. The van der Waals surface area contributed by atoms with Crippen molar-refractivity contribution in [3.05, 3.63) is 0 Å². The Morgan fingerprint density at radius 3 is 2.59 bits per heavy atom. The van der Waals surface area contributed by atoms with Gasteiger partial charge in [-0.05, 0) is 19.9 Å². The second kappa shape index (κ2) is 6.69. The van der Waals surface area contributed by atoms with E-state index in [2.05, 4.69) is 16.8 Å². The fraction of sp³-hybridized carbons (Fsp3) is 1.00. The van der Waals surface area contributed by atoms with Gasteiger partial charge in [0.1, 0.15) is 0 Å². The molecule has 1 unspecified atom stereocenters. The zero-order valence-corrected chi connectivity index (χ0v) is 11.0. The molecular weight excluding hydrogens is 216 g/mol. The van der Waals surface area contributed by atoms with Crippen LogP contribution in [0.3, 0.4) is 0 Å². The van der Waals surface area contributed by atoms with Crippen molar-refractivity contribution in [1.82, 2.24) is 9.80 Å². The molecule has 1 aliphatic carbocycles. The fourth-order valence-electron chi connectivity index (χ4n) is 2.97. The summed E-state index contributed by atoms with van der Waals surface area (Å²) in [5.41, 5.74) is 0. The van der Waals surface area contributed by atoms with E-state index in [9.17, 15) is 5.11 Å². The van der Waals surface area contributed by atoms with Crippen LogP contribution in [0.15, 0.2) is 0 Å². The molecule has 0 aromatic carbocycles. The van der Waals surface area contributed by atoms with Gasteiger partial charge >= 0.3 is 0 Å². The van der Waals surface area contributed by atoms with Crippen molar-refractivity contribution >= 4 is 0 Å². The van der Waals surface area contributed by atoms with Crippen molar-refractivity contribution in [1.29, 1.82) is 0 Å². The van der Waals surface area contributed by atoms with Crippen LogP contribution < -0.4 is 0 Å². The number of likely N-dealkylation sites (N-methyl/N-ethyl adjacent to an activating group) is 1. The summed E-state index contributed by atoms with van der Waals surface area (Å²) in [7, 11) is 2.15. The maximum Gasteiger partial charge on any atom is 0.0793 e. The van der Waals surface area contributed by atoms with Gasteiger partial charge < -0.3 is 14.7 Å². The van der Waals surface area contributed by atoms with Crippen LogP contribution in [0.5, 0.6) is 0 Å². The molecule has 2 rings (SSSR count). The predicted octanol–water partition coefficient (Wildman–Crippen LogP) is 0.554. The van der Waals surface area contributed by atoms with Crippen LogP contribution in [0.2, 0.25) is 0 Å². The van der Waals surface area contributed by atoms with Crippen LogP contribution in [0, 0.1) is 0 Å². The SMILES string of the molecule is CN(CC(O)CN1CCOCC1)C1CCCC1. The first-order valence-electron chi connectivity index (χ1n) is 6.94. The molecule has 0 aromatic heterocycles. The lowest BCUT2D eigenvalue weighted by molar-refractivity contribution is 0.00599. The van der Waals surface area contributed by atoms with Gasteiger partial charge in [-0.25, -0.2) is 0 Å². The number of β-amino-alcohol motifs (C(OH)–C–C–N with tert-alkyl or cyclic N) is 1. The van der Waals surface area contributed by atoms with Crippen molar-refractivity contribution in [2.45, 2.75) is 37.8 Å². The standard InChI is InChI=1S/C13H26N2O2/c1-14(12-4-2-3-5-12)10-13(16)11-15-6-8-17-9-7-15/h12-13,16H,2-11H2,1H3. The Morgan fingerprint density at radius 1 is 1.29 bits per heavy atom. The highest BCUT2D eigenvalue weighted by Gasteiger charge is 2.22. The molecule has 0 aromatic rings. The molecule has 0 spiro atoms. The highest BCUT2D eigenvalue weighted by atomic mass is 16.5. The molecule has 1 saturated carbocycles. The lowest BCUT2D eigenvalue weighted by Crippen LogP contribution is -2.45. The Labute approximate surface area is 105 Å². The van der Waals surface area contributed by atoms with Crippen LogP contribution in [0.4, 0.5) is 0 Å². The number of ether oxygens (including phenoxy) is 1. The quantitative estimate of drug-likeness (QED) is 0.764. The topological polar surface area (TPSA) is 35.9 Å². The third kappa shape index (κ3) is 4.21. The first kappa shape index (κ1) is 13.3. The van der Waals surface area contributed by atoms with E-state index in [1.54, 1.807) is 0 Å². The monoisotopic (exact) mass is 242 g/mol. The van der Waals surface area contributed by atoms with Crippen LogP contribution in [0.1, 0.15) is 25.7 Å². The van der Waals surface area contributed by atoms with Gasteiger partial charge in [-0.1, -0.05) is 12.8 Å². The van der Waals surface area contributed by atoms with Gasteiger partial charge in [0.2, 0.25) is 0 Å². The largest absolute Gasteiger partial charge is 0.390 e. The molecule has 1 atom stereocenters. The first-order chi connectivity index (χ1) is 8.25. The summed E-state index contributed by atoms with van der Waals surface area (Å²) in [5, 5.41) is 10.1. The van der Waals surface area contributed by atoms with Gasteiger partial charge in [-0.15, -0.1) is 0 Å². The van der Waals surface area contributed by atoms with Gasteiger partial charge in [0.15, 0.2) is 0 Å². The molecule has 17 heavy (non-hydrogen) atoms. The van der Waals surface area contributed by atoms with Gasteiger partial charge in [-0.2, -0.15) is 0 Å². The fourth-order valence-corrected chi connectivity index (χ4v) is 2.97. The smallest absolute Gasteiger partial charge is 0.0793 e. The van der Waals surface area contributed by atoms with E-state index in [-0.39, 0.29) is 6.10 Å².